The van der Waals surface area contributed by atoms with E-state index in [4.69, 9.17) is 9.47 Å². The van der Waals surface area contributed by atoms with Crippen molar-refractivity contribution in [2.45, 2.75) is 26.2 Å². The Balaban J connectivity index is 1.70. The van der Waals surface area contributed by atoms with Gasteiger partial charge in [0.05, 0.1) is 23.7 Å². The third-order valence-corrected chi connectivity index (χ3v) is 3.71. The lowest BCUT2D eigenvalue weighted by molar-refractivity contribution is -0.0521. The van der Waals surface area contributed by atoms with Crippen LogP contribution in [0.25, 0.3) is 5.69 Å². The molecule has 0 spiro atoms. The lowest BCUT2D eigenvalue weighted by atomic mass is 10.3. The van der Waals surface area contributed by atoms with Gasteiger partial charge in [0.1, 0.15) is 12.3 Å². The predicted octanol–water partition coefficient (Wildman–Crippen LogP) is 3.08. The lowest BCUT2D eigenvalue weighted by Gasteiger charge is -2.09. The number of aromatic nitrogens is 5. The Morgan fingerprint density at radius 1 is 1.21 bits per heavy atom. The molecule has 1 aromatic carbocycles. The van der Waals surface area contributed by atoms with Gasteiger partial charge in [0.15, 0.2) is 11.6 Å². The molecule has 0 aliphatic carbocycles. The lowest BCUT2D eigenvalue weighted by Crippen LogP contribution is -2.05. The van der Waals surface area contributed by atoms with Crippen molar-refractivity contribution < 1.29 is 27.4 Å². The van der Waals surface area contributed by atoms with Crippen LogP contribution in [0.5, 0.6) is 11.8 Å². The number of halogens is 3. The fourth-order valence-electron chi connectivity index (χ4n) is 2.22. The normalized spacial score (nSPS) is 12.2. The molecule has 148 valence electrons. The Labute approximate surface area is 157 Å². The highest BCUT2D eigenvalue weighted by molar-refractivity contribution is 5.39. The molecular weight excluding hydrogens is 379 g/mol. The number of alkyl halides is 2. The highest BCUT2D eigenvalue weighted by Crippen LogP contribution is 2.23. The van der Waals surface area contributed by atoms with Crippen LogP contribution >= 0.6 is 0 Å². The van der Waals surface area contributed by atoms with E-state index in [2.05, 4.69) is 25.0 Å². The van der Waals surface area contributed by atoms with E-state index in [9.17, 15) is 13.2 Å². The fourth-order valence-corrected chi connectivity index (χ4v) is 2.22. The van der Waals surface area contributed by atoms with Gasteiger partial charge in [0.25, 0.3) is 0 Å². The molecule has 0 aliphatic rings. The first-order chi connectivity index (χ1) is 13.5. The number of ether oxygens (including phenoxy) is 3. The third-order valence-electron chi connectivity index (χ3n) is 3.71. The quantitative estimate of drug-likeness (QED) is 0.579. The van der Waals surface area contributed by atoms with E-state index in [0.717, 1.165) is 12.1 Å². The molecule has 0 radical (unpaired) electrons. The second kappa shape index (κ2) is 8.65. The molecule has 0 saturated heterocycles. The van der Waals surface area contributed by atoms with Gasteiger partial charge < -0.3 is 14.2 Å². The number of benzene rings is 1. The number of rotatable bonds is 8. The largest absolute Gasteiger partial charge is 0.457 e. The minimum atomic E-state index is -3.14. The summed E-state index contributed by atoms with van der Waals surface area (Å²) in [6, 6.07) is 5.31. The summed E-state index contributed by atoms with van der Waals surface area (Å²) in [7, 11) is 1.57. The molecule has 1 unspecified atom stereocenters. The van der Waals surface area contributed by atoms with Gasteiger partial charge in [-0.25, -0.2) is 14.1 Å². The average Bonchev–Trinajstić information content (AvgIpc) is 3.16. The van der Waals surface area contributed by atoms with Gasteiger partial charge in [-0.05, 0) is 25.1 Å². The molecule has 11 heteroatoms. The molecule has 2 aromatic heterocycles. The second-order valence-electron chi connectivity index (χ2n) is 5.58. The van der Waals surface area contributed by atoms with E-state index >= 15 is 0 Å². The van der Waals surface area contributed by atoms with Crippen LogP contribution in [-0.2, 0) is 11.3 Å². The topological polar surface area (TPSA) is 84.2 Å². The summed E-state index contributed by atoms with van der Waals surface area (Å²) >= 11 is 0. The molecule has 8 nitrogen and oxygen atoms in total. The molecule has 0 N–H and O–H groups in total. The van der Waals surface area contributed by atoms with E-state index in [-0.39, 0.29) is 18.7 Å². The summed E-state index contributed by atoms with van der Waals surface area (Å²) in [4.78, 5) is 8.24. The zero-order chi connectivity index (χ0) is 20.1. The molecule has 3 aromatic rings. The first kappa shape index (κ1) is 19.5. The smallest absolute Gasteiger partial charge is 0.387 e. The molecule has 1 atom stereocenters. The zero-order valence-electron chi connectivity index (χ0n) is 14.9. The van der Waals surface area contributed by atoms with Gasteiger partial charge in [-0.1, -0.05) is 5.21 Å². The Kier molecular flexibility index (Phi) is 6.04. The van der Waals surface area contributed by atoms with Crippen LogP contribution < -0.4 is 9.47 Å². The minimum absolute atomic E-state index is 0.0202. The number of methoxy groups -OCH3 is 1. The summed E-state index contributed by atoms with van der Waals surface area (Å²) < 4.78 is 54.3. The van der Waals surface area contributed by atoms with Crippen LogP contribution in [0.3, 0.4) is 0 Å². The van der Waals surface area contributed by atoms with E-state index < -0.39 is 18.2 Å². The van der Waals surface area contributed by atoms with E-state index in [1.54, 1.807) is 19.4 Å². The first-order valence-corrected chi connectivity index (χ1v) is 8.10. The summed E-state index contributed by atoms with van der Waals surface area (Å²) in [5.41, 5.74) is 1.38. The molecule has 0 saturated carbocycles. The minimum Gasteiger partial charge on any atom is -0.457 e. The van der Waals surface area contributed by atoms with Gasteiger partial charge >= 0.3 is 12.6 Å². The van der Waals surface area contributed by atoms with E-state index in [1.165, 1.54) is 16.9 Å². The summed E-state index contributed by atoms with van der Waals surface area (Å²) in [5.74, 6) is -1.49. The SMILES string of the molecule is COC(C)c1ccnc(OCc2cn(-c3ccc(F)c(OC(F)F)c3)nn2)n1. The van der Waals surface area contributed by atoms with E-state index in [1.807, 2.05) is 6.92 Å². The van der Waals surface area contributed by atoms with Crippen molar-refractivity contribution in [2.75, 3.05) is 7.11 Å². The monoisotopic (exact) mass is 395 g/mol. The standard InChI is InChI=1S/C17H16F3N5O3/c1-10(26-2)14-5-6-21-17(22-14)27-9-11-8-25(24-23-11)12-3-4-13(18)15(7-12)28-16(19)20/h3-8,10,16H,9H2,1-2H3. The summed E-state index contributed by atoms with van der Waals surface area (Å²) in [6.45, 7) is -1.28. The zero-order valence-corrected chi connectivity index (χ0v) is 14.9. The summed E-state index contributed by atoms with van der Waals surface area (Å²) in [6.07, 6.45) is 2.84. The maximum absolute atomic E-state index is 13.5. The van der Waals surface area contributed by atoms with Crippen molar-refractivity contribution in [3.05, 3.63) is 53.9 Å². The van der Waals surface area contributed by atoms with Crippen LogP contribution in [-0.4, -0.2) is 38.7 Å². The predicted molar refractivity (Wildman–Crippen MR) is 89.7 cm³/mol. The van der Waals surface area contributed by atoms with Gasteiger partial charge in [-0.3, -0.25) is 0 Å². The van der Waals surface area contributed by atoms with Crippen molar-refractivity contribution in [1.82, 2.24) is 25.0 Å². The molecule has 28 heavy (non-hydrogen) atoms. The molecule has 0 bridgehead atoms. The van der Waals surface area contributed by atoms with Crippen LogP contribution in [0, 0.1) is 5.82 Å². The molecule has 0 fully saturated rings. The second-order valence-corrected chi connectivity index (χ2v) is 5.58. The van der Waals surface area contributed by atoms with Crippen molar-refractivity contribution in [2.24, 2.45) is 0 Å². The Bertz CT molecular complexity index is 938. The average molecular weight is 395 g/mol. The van der Waals surface area contributed by atoms with Crippen molar-refractivity contribution >= 4 is 0 Å². The maximum atomic E-state index is 13.5. The summed E-state index contributed by atoms with van der Waals surface area (Å²) in [5, 5.41) is 7.79. The van der Waals surface area contributed by atoms with Crippen molar-refractivity contribution in [1.29, 1.82) is 0 Å². The molecule has 0 aliphatic heterocycles. The van der Waals surface area contributed by atoms with Gasteiger partial charge in [0.2, 0.25) is 0 Å². The molecule has 3 rings (SSSR count). The maximum Gasteiger partial charge on any atom is 0.387 e. The van der Waals surface area contributed by atoms with Crippen LogP contribution in [0.2, 0.25) is 0 Å². The van der Waals surface area contributed by atoms with E-state index in [0.29, 0.717) is 17.1 Å². The van der Waals surface area contributed by atoms with Gasteiger partial charge in [0, 0.05) is 19.4 Å². The van der Waals surface area contributed by atoms with Crippen molar-refractivity contribution in [3.8, 4) is 17.4 Å². The Morgan fingerprint density at radius 2 is 2.04 bits per heavy atom. The third kappa shape index (κ3) is 4.74. The first-order valence-electron chi connectivity index (χ1n) is 8.10. The highest BCUT2D eigenvalue weighted by atomic mass is 19.3. The number of hydrogen-bond acceptors (Lipinski definition) is 7. The van der Waals surface area contributed by atoms with Crippen LogP contribution in [0.4, 0.5) is 13.2 Å². The molecular formula is C17H16F3N5O3. The van der Waals surface area contributed by atoms with Crippen LogP contribution in [0.15, 0.2) is 36.7 Å². The number of hydrogen-bond donors (Lipinski definition) is 0. The Hall–Kier alpha value is -3.21. The Morgan fingerprint density at radius 3 is 2.79 bits per heavy atom. The number of nitrogens with zero attached hydrogens (tertiary/aromatic N) is 5. The van der Waals surface area contributed by atoms with Gasteiger partial charge in [-0.15, -0.1) is 5.10 Å². The fraction of sp³-hybridized carbons (Fsp3) is 0.294. The highest BCUT2D eigenvalue weighted by Gasteiger charge is 2.13. The molecule has 0 amide bonds. The molecule has 2 heterocycles. The van der Waals surface area contributed by atoms with Crippen LogP contribution in [0.1, 0.15) is 24.4 Å². The van der Waals surface area contributed by atoms with Gasteiger partial charge in [-0.2, -0.15) is 13.8 Å². The van der Waals surface area contributed by atoms with Crippen molar-refractivity contribution in [3.63, 3.8) is 0 Å².